The lowest BCUT2D eigenvalue weighted by atomic mass is 10.00. The summed E-state index contributed by atoms with van der Waals surface area (Å²) >= 11 is 3.57. The zero-order valence-corrected chi connectivity index (χ0v) is 13.7. The highest BCUT2D eigenvalue weighted by atomic mass is 79.9. The SMILES string of the molecule is CCc1nn(C)c(CC(C)(O)CNCCOC)c1Br. The molecule has 6 heteroatoms. The molecule has 0 amide bonds. The van der Waals surface area contributed by atoms with Gasteiger partial charge in [-0.1, -0.05) is 6.92 Å². The van der Waals surface area contributed by atoms with Gasteiger partial charge >= 0.3 is 0 Å². The van der Waals surface area contributed by atoms with Gasteiger partial charge in [-0.3, -0.25) is 4.68 Å². The lowest BCUT2D eigenvalue weighted by Gasteiger charge is -2.24. The van der Waals surface area contributed by atoms with Crippen molar-refractivity contribution >= 4 is 15.9 Å². The standard InChI is InChI=1S/C13H24BrN3O2/c1-5-10-12(14)11(17(3)16-10)8-13(2,18)9-15-6-7-19-4/h15,18H,5-9H2,1-4H3. The zero-order valence-electron chi connectivity index (χ0n) is 12.2. The molecule has 0 aliphatic rings. The molecular formula is C13H24BrN3O2. The molecule has 1 atom stereocenters. The predicted octanol–water partition coefficient (Wildman–Crippen LogP) is 1.27. The minimum absolute atomic E-state index is 0.523. The van der Waals surface area contributed by atoms with Crippen LogP contribution in [0.15, 0.2) is 4.47 Å². The molecule has 0 aliphatic carbocycles. The Morgan fingerprint density at radius 3 is 2.74 bits per heavy atom. The number of aliphatic hydroxyl groups is 1. The van der Waals surface area contributed by atoms with Gasteiger partial charge in [-0.2, -0.15) is 5.10 Å². The minimum atomic E-state index is -0.810. The van der Waals surface area contributed by atoms with E-state index < -0.39 is 5.60 Å². The Kier molecular flexibility index (Phi) is 6.46. The molecule has 0 aromatic carbocycles. The van der Waals surface area contributed by atoms with Crippen molar-refractivity contribution in [2.24, 2.45) is 7.05 Å². The second-order valence-electron chi connectivity index (χ2n) is 5.03. The van der Waals surface area contributed by atoms with Crippen molar-refractivity contribution in [2.45, 2.75) is 32.3 Å². The quantitative estimate of drug-likeness (QED) is 0.703. The number of aromatic nitrogens is 2. The van der Waals surface area contributed by atoms with E-state index in [2.05, 4.69) is 33.3 Å². The highest BCUT2D eigenvalue weighted by Gasteiger charge is 2.25. The zero-order chi connectivity index (χ0) is 14.5. The molecule has 19 heavy (non-hydrogen) atoms. The number of nitrogens with one attached hydrogen (secondary N) is 1. The maximum absolute atomic E-state index is 10.4. The molecule has 2 N–H and O–H groups in total. The van der Waals surface area contributed by atoms with Crippen molar-refractivity contribution in [3.63, 3.8) is 0 Å². The first-order valence-electron chi connectivity index (χ1n) is 6.53. The van der Waals surface area contributed by atoms with E-state index in [9.17, 15) is 5.11 Å². The molecule has 1 rings (SSSR count). The summed E-state index contributed by atoms with van der Waals surface area (Å²) in [5, 5.41) is 18.1. The van der Waals surface area contributed by atoms with E-state index in [4.69, 9.17) is 4.74 Å². The number of nitrogens with zero attached hydrogens (tertiary/aromatic N) is 2. The largest absolute Gasteiger partial charge is 0.388 e. The average molecular weight is 334 g/mol. The molecule has 1 unspecified atom stereocenters. The van der Waals surface area contributed by atoms with Crippen LogP contribution in [0.5, 0.6) is 0 Å². The molecule has 1 aromatic heterocycles. The van der Waals surface area contributed by atoms with Crippen LogP contribution in [-0.4, -0.2) is 47.3 Å². The van der Waals surface area contributed by atoms with Crippen molar-refractivity contribution in [1.29, 1.82) is 0 Å². The number of hydrogen-bond donors (Lipinski definition) is 2. The van der Waals surface area contributed by atoms with Crippen molar-refractivity contribution < 1.29 is 9.84 Å². The molecular weight excluding hydrogens is 310 g/mol. The van der Waals surface area contributed by atoms with Crippen molar-refractivity contribution in [1.82, 2.24) is 15.1 Å². The fourth-order valence-electron chi connectivity index (χ4n) is 1.97. The molecule has 1 aromatic rings. The fourth-order valence-corrected chi connectivity index (χ4v) is 2.72. The summed E-state index contributed by atoms with van der Waals surface area (Å²) in [5.74, 6) is 0. The van der Waals surface area contributed by atoms with Crippen molar-refractivity contribution in [3.8, 4) is 0 Å². The summed E-state index contributed by atoms with van der Waals surface area (Å²) in [4.78, 5) is 0. The summed E-state index contributed by atoms with van der Waals surface area (Å²) in [6.45, 7) is 5.81. The Morgan fingerprint density at radius 1 is 1.53 bits per heavy atom. The van der Waals surface area contributed by atoms with Gasteiger partial charge in [0.25, 0.3) is 0 Å². The first kappa shape index (κ1) is 16.6. The van der Waals surface area contributed by atoms with E-state index in [0.717, 1.165) is 28.8 Å². The Labute approximate surface area is 123 Å². The number of ether oxygens (including phenoxy) is 1. The number of hydrogen-bond acceptors (Lipinski definition) is 4. The number of methoxy groups -OCH3 is 1. The number of aryl methyl sites for hydroxylation is 2. The van der Waals surface area contributed by atoms with E-state index in [1.807, 2.05) is 18.7 Å². The summed E-state index contributed by atoms with van der Waals surface area (Å²) in [6.07, 6.45) is 1.43. The second-order valence-corrected chi connectivity index (χ2v) is 5.82. The van der Waals surface area contributed by atoms with Gasteiger partial charge in [0, 0.05) is 33.7 Å². The maximum atomic E-state index is 10.4. The average Bonchev–Trinajstić information content (AvgIpc) is 2.62. The summed E-state index contributed by atoms with van der Waals surface area (Å²) in [6, 6.07) is 0. The molecule has 0 spiro atoms. The minimum Gasteiger partial charge on any atom is -0.388 e. The van der Waals surface area contributed by atoms with Gasteiger partial charge in [0.15, 0.2) is 0 Å². The van der Waals surface area contributed by atoms with Crippen LogP contribution in [0.4, 0.5) is 0 Å². The van der Waals surface area contributed by atoms with Crippen molar-refractivity contribution in [3.05, 3.63) is 15.9 Å². The molecule has 0 bridgehead atoms. The van der Waals surface area contributed by atoms with E-state index >= 15 is 0 Å². The van der Waals surface area contributed by atoms with Gasteiger partial charge in [-0.05, 0) is 29.3 Å². The number of halogens is 1. The highest BCUT2D eigenvalue weighted by Crippen LogP contribution is 2.25. The third-order valence-corrected chi connectivity index (χ3v) is 3.96. The van der Waals surface area contributed by atoms with E-state index in [1.165, 1.54) is 0 Å². The smallest absolute Gasteiger partial charge is 0.0799 e. The Balaban J connectivity index is 2.64. The Morgan fingerprint density at radius 2 is 2.21 bits per heavy atom. The van der Waals surface area contributed by atoms with Crippen LogP contribution in [0.1, 0.15) is 25.2 Å². The van der Waals surface area contributed by atoms with Crippen LogP contribution < -0.4 is 5.32 Å². The molecule has 1 heterocycles. The Bertz CT molecular complexity index is 405. The van der Waals surface area contributed by atoms with Crippen LogP contribution in [0.3, 0.4) is 0 Å². The first-order valence-corrected chi connectivity index (χ1v) is 7.33. The molecule has 0 saturated heterocycles. The number of rotatable bonds is 8. The topological polar surface area (TPSA) is 59.3 Å². The summed E-state index contributed by atoms with van der Waals surface area (Å²) in [5.41, 5.74) is 1.24. The lowest BCUT2D eigenvalue weighted by Crippen LogP contribution is -2.41. The molecule has 0 aliphatic heterocycles. The normalized spacial score (nSPS) is 14.6. The predicted molar refractivity (Wildman–Crippen MR) is 79.4 cm³/mol. The third kappa shape index (κ3) is 4.87. The van der Waals surface area contributed by atoms with Gasteiger partial charge < -0.3 is 15.2 Å². The van der Waals surface area contributed by atoms with Gasteiger partial charge in [0.05, 0.1) is 28.1 Å². The van der Waals surface area contributed by atoms with E-state index in [-0.39, 0.29) is 0 Å². The van der Waals surface area contributed by atoms with Crippen LogP contribution in [0.25, 0.3) is 0 Å². The van der Waals surface area contributed by atoms with Gasteiger partial charge in [-0.25, -0.2) is 0 Å². The van der Waals surface area contributed by atoms with Crippen LogP contribution in [0.2, 0.25) is 0 Å². The van der Waals surface area contributed by atoms with Crippen LogP contribution in [0, 0.1) is 0 Å². The Hall–Kier alpha value is -0.430. The molecule has 0 fully saturated rings. The van der Waals surface area contributed by atoms with E-state index in [1.54, 1.807) is 7.11 Å². The highest BCUT2D eigenvalue weighted by molar-refractivity contribution is 9.10. The molecule has 110 valence electrons. The molecule has 0 radical (unpaired) electrons. The van der Waals surface area contributed by atoms with Crippen LogP contribution >= 0.6 is 15.9 Å². The van der Waals surface area contributed by atoms with Gasteiger partial charge in [0.2, 0.25) is 0 Å². The van der Waals surface area contributed by atoms with Gasteiger partial charge in [-0.15, -0.1) is 0 Å². The second kappa shape index (κ2) is 7.38. The van der Waals surface area contributed by atoms with Gasteiger partial charge in [0.1, 0.15) is 0 Å². The summed E-state index contributed by atoms with van der Waals surface area (Å²) < 4.78 is 7.81. The first-order chi connectivity index (χ1) is 8.91. The fraction of sp³-hybridized carbons (Fsp3) is 0.769. The van der Waals surface area contributed by atoms with Crippen LogP contribution in [-0.2, 0) is 24.6 Å². The molecule has 5 nitrogen and oxygen atoms in total. The third-order valence-electron chi connectivity index (χ3n) is 3.04. The van der Waals surface area contributed by atoms with E-state index in [0.29, 0.717) is 19.6 Å². The maximum Gasteiger partial charge on any atom is 0.0799 e. The van der Waals surface area contributed by atoms with Crippen molar-refractivity contribution in [2.75, 3.05) is 26.8 Å². The molecule has 0 saturated carbocycles. The summed E-state index contributed by atoms with van der Waals surface area (Å²) in [7, 11) is 3.58. The monoisotopic (exact) mass is 333 g/mol. The lowest BCUT2D eigenvalue weighted by molar-refractivity contribution is 0.0561.